The Morgan fingerprint density at radius 2 is 2.00 bits per heavy atom. The first-order valence-corrected chi connectivity index (χ1v) is 5.64. The van der Waals surface area contributed by atoms with Gasteiger partial charge in [0.1, 0.15) is 0 Å². The highest BCUT2D eigenvalue weighted by Crippen LogP contribution is 2.27. The third kappa shape index (κ3) is 2.17. The third-order valence-electron chi connectivity index (χ3n) is 1.96. The van der Waals surface area contributed by atoms with Gasteiger partial charge in [0.2, 0.25) is 10.0 Å². The molecule has 0 N–H and O–H groups in total. The van der Waals surface area contributed by atoms with Crippen LogP contribution in [0.1, 0.15) is 26.2 Å². The molecule has 0 aromatic heterocycles. The molecule has 1 aliphatic carbocycles. The predicted octanol–water partition coefficient (Wildman–Crippen LogP) is 0.820. The van der Waals surface area contributed by atoms with E-state index in [9.17, 15) is 8.42 Å². The van der Waals surface area contributed by atoms with Gasteiger partial charge in [-0.1, -0.05) is 6.92 Å². The average molecular weight is 177 g/mol. The van der Waals surface area contributed by atoms with Crippen molar-refractivity contribution in [3.63, 3.8) is 0 Å². The largest absolute Gasteiger partial charge is 0.214 e. The molecule has 0 spiro atoms. The minimum absolute atomic E-state index is 0.292. The Bertz CT molecular complexity index is 219. The van der Waals surface area contributed by atoms with Gasteiger partial charge in [-0.2, -0.15) is 0 Å². The smallest absolute Gasteiger partial charge is 0.212 e. The molecule has 3 nitrogen and oxygen atoms in total. The summed E-state index contributed by atoms with van der Waals surface area (Å²) in [5, 5.41) is 0. The maximum absolute atomic E-state index is 11.3. The van der Waals surface area contributed by atoms with Crippen LogP contribution in [0.15, 0.2) is 0 Å². The summed E-state index contributed by atoms with van der Waals surface area (Å²) in [7, 11) is -1.23. The second-order valence-corrected chi connectivity index (χ2v) is 5.21. The van der Waals surface area contributed by atoms with E-state index in [2.05, 4.69) is 0 Å². The average Bonchev–Trinajstić information content (AvgIpc) is 2.67. The first-order chi connectivity index (χ1) is 5.08. The van der Waals surface area contributed by atoms with Crippen LogP contribution in [0.25, 0.3) is 0 Å². The summed E-state index contributed by atoms with van der Waals surface area (Å²) >= 11 is 0. The van der Waals surface area contributed by atoms with E-state index in [0.717, 1.165) is 12.8 Å². The van der Waals surface area contributed by atoms with Crippen molar-refractivity contribution in [1.29, 1.82) is 0 Å². The molecule has 0 amide bonds. The zero-order valence-electron chi connectivity index (χ0n) is 7.08. The van der Waals surface area contributed by atoms with Gasteiger partial charge in [-0.15, -0.1) is 0 Å². The number of rotatable bonds is 4. The molecule has 0 atom stereocenters. The van der Waals surface area contributed by atoms with Crippen molar-refractivity contribution in [2.75, 3.05) is 12.8 Å². The Balaban J connectivity index is 2.55. The van der Waals surface area contributed by atoms with Crippen LogP contribution < -0.4 is 0 Å². The van der Waals surface area contributed by atoms with Crippen LogP contribution in [0.4, 0.5) is 0 Å². The number of nitrogens with zero attached hydrogens (tertiary/aromatic N) is 1. The van der Waals surface area contributed by atoms with Crippen molar-refractivity contribution >= 4 is 10.0 Å². The molecule has 1 fully saturated rings. The monoisotopic (exact) mass is 177 g/mol. The summed E-state index contributed by atoms with van der Waals surface area (Å²) in [6.07, 6.45) is 2.79. The maximum Gasteiger partial charge on any atom is 0.214 e. The highest BCUT2D eigenvalue weighted by atomic mass is 32.2. The van der Waals surface area contributed by atoms with E-state index in [1.807, 2.05) is 6.92 Å². The van der Waals surface area contributed by atoms with Gasteiger partial charge >= 0.3 is 0 Å². The van der Waals surface area contributed by atoms with Crippen LogP contribution in [0.3, 0.4) is 0 Å². The van der Waals surface area contributed by atoms with Gasteiger partial charge < -0.3 is 0 Å². The van der Waals surface area contributed by atoms with Crippen LogP contribution >= 0.6 is 0 Å². The molecule has 1 saturated carbocycles. The Kier molecular flexibility index (Phi) is 2.54. The lowest BCUT2D eigenvalue weighted by Gasteiger charge is -2.14. The van der Waals surface area contributed by atoms with Crippen molar-refractivity contribution < 1.29 is 8.42 Å². The van der Waals surface area contributed by atoms with E-state index < -0.39 is 10.0 Å². The predicted molar refractivity (Wildman–Crippen MR) is 44.9 cm³/mol. The van der Waals surface area contributed by atoms with Crippen molar-refractivity contribution in [2.45, 2.75) is 32.2 Å². The third-order valence-corrected chi connectivity index (χ3v) is 4.06. The molecule has 0 saturated heterocycles. The Morgan fingerprint density at radius 1 is 1.45 bits per heavy atom. The molecule has 0 unspecified atom stereocenters. The second-order valence-electron chi connectivity index (χ2n) is 3.06. The molecule has 66 valence electrons. The summed E-state index contributed by atoms with van der Waals surface area (Å²) in [5.41, 5.74) is 0. The molecule has 0 aromatic carbocycles. The van der Waals surface area contributed by atoms with Gasteiger partial charge in [0.25, 0.3) is 0 Å². The summed E-state index contributed by atoms with van der Waals surface area (Å²) in [6.45, 7) is 1.89. The minimum atomic E-state index is -2.91. The lowest BCUT2D eigenvalue weighted by atomic mass is 10.6. The van der Waals surface area contributed by atoms with Crippen LogP contribution in [0.5, 0.6) is 0 Å². The molecular formula is C7H15NO2S. The minimum Gasteiger partial charge on any atom is -0.212 e. The van der Waals surface area contributed by atoms with Crippen molar-refractivity contribution in [1.82, 2.24) is 4.31 Å². The fourth-order valence-electron chi connectivity index (χ4n) is 1.07. The van der Waals surface area contributed by atoms with Gasteiger partial charge in [-0.3, -0.25) is 0 Å². The van der Waals surface area contributed by atoms with Gasteiger partial charge in [-0.05, 0) is 19.3 Å². The quantitative estimate of drug-likeness (QED) is 0.637. The fourth-order valence-corrected chi connectivity index (χ4v) is 2.54. The molecule has 1 aliphatic rings. The first-order valence-electron chi connectivity index (χ1n) is 4.03. The zero-order valence-corrected chi connectivity index (χ0v) is 7.89. The topological polar surface area (TPSA) is 37.4 Å². The molecule has 11 heavy (non-hydrogen) atoms. The molecule has 0 heterocycles. The van der Waals surface area contributed by atoms with Crippen LogP contribution in [0, 0.1) is 0 Å². The second kappa shape index (κ2) is 3.11. The van der Waals surface area contributed by atoms with E-state index in [4.69, 9.17) is 0 Å². The Labute approximate surface area is 68.4 Å². The molecule has 0 aliphatic heterocycles. The van der Waals surface area contributed by atoms with Gasteiger partial charge in [-0.25, -0.2) is 12.7 Å². The highest BCUT2D eigenvalue weighted by molar-refractivity contribution is 7.89. The molecule has 4 heteroatoms. The van der Waals surface area contributed by atoms with Crippen molar-refractivity contribution in [2.24, 2.45) is 0 Å². The first kappa shape index (κ1) is 9.00. The number of hydrogen-bond donors (Lipinski definition) is 0. The van der Waals surface area contributed by atoms with Crippen LogP contribution in [-0.2, 0) is 10.0 Å². The Morgan fingerprint density at radius 3 is 2.36 bits per heavy atom. The van der Waals surface area contributed by atoms with Gasteiger partial charge in [0.05, 0.1) is 5.75 Å². The fraction of sp³-hybridized carbons (Fsp3) is 1.00. The lowest BCUT2D eigenvalue weighted by Crippen LogP contribution is -2.30. The maximum atomic E-state index is 11.3. The number of hydrogen-bond acceptors (Lipinski definition) is 2. The SMILES string of the molecule is CCCS(=O)(=O)N(C)C1CC1. The summed E-state index contributed by atoms with van der Waals surface area (Å²) < 4.78 is 24.2. The molecule has 0 radical (unpaired) electrons. The van der Waals surface area contributed by atoms with Crippen molar-refractivity contribution in [3.8, 4) is 0 Å². The molecular weight excluding hydrogens is 162 g/mol. The molecule has 0 aromatic rings. The van der Waals surface area contributed by atoms with Crippen molar-refractivity contribution in [3.05, 3.63) is 0 Å². The normalized spacial score (nSPS) is 19.2. The van der Waals surface area contributed by atoms with Crippen LogP contribution in [-0.4, -0.2) is 31.6 Å². The highest BCUT2D eigenvalue weighted by Gasteiger charge is 2.33. The lowest BCUT2D eigenvalue weighted by molar-refractivity contribution is 0.463. The van der Waals surface area contributed by atoms with E-state index in [1.54, 1.807) is 7.05 Å². The summed E-state index contributed by atoms with van der Waals surface area (Å²) in [4.78, 5) is 0. The van der Waals surface area contributed by atoms with E-state index in [1.165, 1.54) is 4.31 Å². The Hall–Kier alpha value is -0.0900. The molecule has 0 bridgehead atoms. The summed E-state index contributed by atoms with van der Waals surface area (Å²) in [5.74, 6) is 0.292. The van der Waals surface area contributed by atoms with Gasteiger partial charge in [0, 0.05) is 13.1 Å². The van der Waals surface area contributed by atoms with E-state index >= 15 is 0 Å². The van der Waals surface area contributed by atoms with E-state index in [0.29, 0.717) is 18.2 Å². The van der Waals surface area contributed by atoms with Crippen LogP contribution in [0.2, 0.25) is 0 Å². The summed E-state index contributed by atoms with van der Waals surface area (Å²) in [6, 6.07) is 0.312. The zero-order chi connectivity index (χ0) is 8.48. The molecule has 1 rings (SSSR count). The standard InChI is InChI=1S/C7H15NO2S/c1-3-6-11(9,10)8(2)7-4-5-7/h7H,3-6H2,1-2H3. The van der Waals surface area contributed by atoms with E-state index in [-0.39, 0.29) is 0 Å². The number of sulfonamides is 1. The van der Waals surface area contributed by atoms with Gasteiger partial charge in [0.15, 0.2) is 0 Å².